The van der Waals surface area contributed by atoms with Crippen molar-refractivity contribution in [3.63, 3.8) is 0 Å². The van der Waals surface area contributed by atoms with Crippen molar-refractivity contribution in [1.82, 2.24) is 0 Å². The molecule has 0 aromatic heterocycles. The highest BCUT2D eigenvalue weighted by molar-refractivity contribution is 6.30. The van der Waals surface area contributed by atoms with Gasteiger partial charge in [-0.15, -0.1) is 0 Å². The molecule has 0 unspecified atom stereocenters. The van der Waals surface area contributed by atoms with Crippen LogP contribution in [0.15, 0.2) is 42.5 Å². The number of nitriles is 1. The van der Waals surface area contributed by atoms with Crippen molar-refractivity contribution in [2.75, 3.05) is 11.9 Å². The Morgan fingerprint density at radius 2 is 2.00 bits per heavy atom. The van der Waals surface area contributed by atoms with Crippen molar-refractivity contribution in [3.05, 3.63) is 58.9 Å². The molecule has 2 aromatic carbocycles. The van der Waals surface area contributed by atoms with Gasteiger partial charge in [0.1, 0.15) is 17.6 Å². The average Bonchev–Trinajstić information content (AvgIpc) is 2.48. The average molecular weight is 305 g/mol. The Labute approximate surface area is 125 Å². The van der Waals surface area contributed by atoms with Crippen LogP contribution in [0.2, 0.25) is 5.02 Å². The Morgan fingerprint density at radius 1 is 1.29 bits per heavy atom. The molecule has 0 atom stereocenters. The van der Waals surface area contributed by atoms with Gasteiger partial charge >= 0.3 is 0 Å². The minimum atomic E-state index is -0.632. The summed E-state index contributed by atoms with van der Waals surface area (Å²) in [4.78, 5) is 11.7. The second-order valence-corrected chi connectivity index (χ2v) is 4.53. The molecule has 2 aromatic rings. The van der Waals surface area contributed by atoms with Gasteiger partial charge < -0.3 is 10.1 Å². The number of hydrogen-bond donors (Lipinski definition) is 1. The molecule has 4 nitrogen and oxygen atoms in total. The number of nitrogens with zero attached hydrogens (tertiary/aromatic N) is 1. The van der Waals surface area contributed by atoms with E-state index in [0.717, 1.165) is 6.07 Å². The van der Waals surface area contributed by atoms with Gasteiger partial charge in [0.05, 0.1) is 5.56 Å². The topological polar surface area (TPSA) is 62.1 Å². The first-order valence-corrected chi connectivity index (χ1v) is 6.34. The van der Waals surface area contributed by atoms with Crippen LogP contribution in [0, 0.1) is 17.1 Å². The van der Waals surface area contributed by atoms with E-state index >= 15 is 0 Å². The number of hydrogen-bond acceptors (Lipinski definition) is 3. The molecule has 106 valence electrons. The fourth-order valence-electron chi connectivity index (χ4n) is 1.57. The number of halogens is 2. The second kappa shape index (κ2) is 6.73. The molecule has 0 aliphatic heterocycles. The van der Waals surface area contributed by atoms with Crippen molar-refractivity contribution in [2.24, 2.45) is 0 Å². The third-order valence-electron chi connectivity index (χ3n) is 2.55. The maximum atomic E-state index is 13.1. The van der Waals surface area contributed by atoms with E-state index in [0.29, 0.717) is 16.5 Å². The van der Waals surface area contributed by atoms with E-state index in [9.17, 15) is 9.18 Å². The molecule has 0 fully saturated rings. The maximum Gasteiger partial charge on any atom is 0.262 e. The summed E-state index contributed by atoms with van der Waals surface area (Å²) in [6, 6.07) is 12.0. The van der Waals surface area contributed by atoms with Gasteiger partial charge in [0, 0.05) is 10.7 Å². The summed E-state index contributed by atoms with van der Waals surface area (Å²) in [7, 11) is 0. The van der Waals surface area contributed by atoms with Gasteiger partial charge in [-0.25, -0.2) is 4.39 Å². The molecule has 1 amide bonds. The highest BCUT2D eigenvalue weighted by Gasteiger charge is 2.07. The van der Waals surface area contributed by atoms with Gasteiger partial charge in [0.25, 0.3) is 5.91 Å². The number of ether oxygens (including phenoxy) is 1. The first-order chi connectivity index (χ1) is 10.1. The molecule has 2 rings (SSSR count). The molecule has 21 heavy (non-hydrogen) atoms. The van der Waals surface area contributed by atoms with E-state index in [1.807, 2.05) is 0 Å². The van der Waals surface area contributed by atoms with Crippen molar-refractivity contribution < 1.29 is 13.9 Å². The van der Waals surface area contributed by atoms with E-state index in [4.69, 9.17) is 21.6 Å². The number of anilines is 1. The molecular formula is C15H10ClFN2O2. The monoisotopic (exact) mass is 304 g/mol. The summed E-state index contributed by atoms with van der Waals surface area (Å²) in [5.74, 6) is -0.542. The highest BCUT2D eigenvalue weighted by atomic mass is 35.5. The van der Waals surface area contributed by atoms with Gasteiger partial charge in [-0.2, -0.15) is 5.26 Å². The van der Waals surface area contributed by atoms with Gasteiger partial charge in [0.2, 0.25) is 0 Å². The summed E-state index contributed by atoms with van der Waals surface area (Å²) in [6.07, 6.45) is 0. The number of carbonyl (C=O) groups excluding carboxylic acids is 1. The number of rotatable bonds is 4. The molecule has 6 heteroatoms. The number of carbonyl (C=O) groups is 1. The molecule has 0 heterocycles. The molecule has 0 bridgehead atoms. The standard InChI is InChI=1S/C15H10ClFN2O2/c16-11-1-4-13(5-2-11)21-9-15(20)19-12-3-6-14(17)10(7-12)8-18/h1-7H,9H2,(H,19,20). The Morgan fingerprint density at radius 3 is 2.67 bits per heavy atom. The molecule has 0 saturated heterocycles. The molecule has 0 aliphatic carbocycles. The second-order valence-electron chi connectivity index (χ2n) is 4.10. The van der Waals surface area contributed by atoms with E-state index < -0.39 is 11.7 Å². The van der Waals surface area contributed by atoms with Crippen molar-refractivity contribution >= 4 is 23.2 Å². The molecule has 0 aliphatic rings. The minimum Gasteiger partial charge on any atom is -0.484 e. The summed E-state index contributed by atoms with van der Waals surface area (Å²) in [6.45, 7) is -0.207. The van der Waals surface area contributed by atoms with Crippen LogP contribution < -0.4 is 10.1 Å². The first kappa shape index (κ1) is 14.8. The maximum absolute atomic E-state index is 13.1. The quantitative estimate of drug-likeness (QED) is 0.942. The lowest BCUT2D eigenvalue weighted by Gasteiger charge is -2.08. The van der Waals surface area contributed by atoms with E-state index in [-0.39, 0.29) is 12.2 Å². The molecular weight excluding hydrogens is 295 g/mol. The van der Waals surface area contributed by atoms with Crippen LogP contribution in [-0.2, 0) is 4.79 Å². The van der Waals surface area contributed by atoms with Gasteiger partial charge in [-0.05, 0) is 42.5 Å². The Kier molecular flexibility index (Phi) is 4.75. The fourth-order valence-corrected chi connectivity index (χ4v) is 1.69. The van der Waals surface area contributed by atoms with Crippen LogP contribution in [0.3, 0.4) is 0 Å². The van der Waals surface area contributed by atoms with E-state index in [1.165, 1.54) is 12.1 Å². The van der Waals surface area contributed by atoms with E-state index in [1.54, 1.807) is 30.3 Å². The normalized spacial score (nSPS) is 9.76. The third-order valence-corrected chi connectivity index (χ3v) is 2.81. The molecule has 1 N–H and O–H groups in total. The fraction of sp³-hybridized carbons (Fsp3) is 0.0667. The van der Waals surface area contributed by atoms with Crippen LogP contribution in [-0.4, -0.2) is 12.5 Å². The lowest BCUT2D eigenvalue weighted by atomic mass is 10.2. The summed E-state index contributed by atoms with van der Waals surface area (Å²) in [5.41, 5.74) is 0.198. The number of amides is 1. The first-order valence-electron chi connectivity index (χ1n) is 5.96. The van der Waals surface area contributed by atoms with Crippen molar-refractivity contribution in [2.45, 2.75) is 0 Å². The number of nitrogens with one attached hydrogen (secondary N) is 1. The predicted octanol–water partition coefficient (Wildman–Crippen LogP) is 3.37. The minimum absolute atomic E-state index is 0.133. The largest absolute Gasteiger partial charge is 0.484 e. The lowest BCUT2D eigenvalue weighted by Crippen LogP contribution is -2.20. The van der Waals surface area contributed by atoms with Gasteiger partial charge in [0.15, 0.2) is 6.61 Å². The SMILES string of the molecule is N#Cc1cc(NC(=O)COc2ccc(Cl)cc2)ccc1F. The predicted molar refractivity (Wildman–Crippen MR) is 76.7 cm³/mol. The third kappa shape index (κ3) is 4.20. The van der Waals surface area contributed by atoms with Gasteiger partial charge in [-0.1, -0.05) is 11.6 Å². The molecule has 0 radical (unpaired) electrons. The van der Waals surface area contributed by atoms with Gasteiger partial charge in [-0.3, -0.25) is 4.79 Å². The zero-order valence-electron chi connectivity index (χ0n) is 10.8. The summed E-state index contributed by atoms with van der Waals surface area (Å²) >= 11 is 5.73. The molecule has 0 saturated carbocycles. The zero-order valence-corrected chi connectivity index (χ0v) is 11.5. The molecule has 0 spiro atoms. The van der Waals surface area contributed by atoms with Crippen LogP contribution in [0.1, 0.15) is 5.56 Å². The Bertz CT molecular complexity index is 696. The van der Waals surface area contributed by atoms with Crippen LogP contribution >= 0.6 is 11.6 Å². The van der Waals surface area contributed by atoms with Crippen LogP contribution in [0.25, 0.3) is 0 Å². The van der Waals surface area contributed by atoms with Crippen LogP contribution in [0.4, 0.5) is 10.1 Å². The summed E-state index contributed by atoms with van der Waals surface area (Å²) < 4.78 is 18.4. The smallest absolute Gasteiger partial charge is 0.262 e. The zero-order chi connectivity index (χ0) is 15.2. The van der Waals surface area contributed by atoms with Crippen molar-refractivity contribution in [1.29, 1.82) is 5.26 Å². The number of benzene rings is 2. The van der Waals surface area contributed by atoms with E-state index in [2.05, 4.69) is 5.32 Å². The Hall–Kier alpha value is -2.58. The Balaban J connectivity index is 1.93. The van der Waals surface area contributed by atoms with Crippen LogP contribution in [0.5, 0.6) is 5.75 Å². The lowest BCUT2D eigenvalue weighted by molar-refractivity contribution is -0.118. The summed E-state index contributed by atoms with van der Waals surface area (Å²) in [5, 5.41) is 11.8. The van der Waals surface area contributed by atoms with Crippen molar-refractivity contribution in [3.8, 4) is 11.8 Å². The highest BCUT2D eigenvalue weighted by Crippen LogP contribution is 2.16.